The van der Waals surface area contributed by atoms with Gasteiger partial charge in [0.1, 0.15) is 0 Å². The van der Waals surface area contributed by atoms with Crippen molar-refractivity contribution in [2.75, 3.05) is 19.7 Å². The van der Waals surface area contributed by atoms with Gasteiger partial charge in [0.2, 0.25) is 5.41 Å². The molecule has 2 heterocycles. The monoisotopic (exact) mass is 374 g/mol. The molecule has 2 N–H and O–H groups in total. The predicted molar refractivity (Wildman–Crippen MR) is 97.6 cm³/mol. The number of amides is 1. The first-order valence-corrected chi connectivity index (χ1v) is 8.78. The SMILES string of the molecule is CCOC(=O)N1CC=C2C(C1)C(c1ccncc1)C(C#N)=C(N)C2(C#N)C#N. The average Bonchev–Trinajstić information content (AvgIpc) is 2.74. The number of nitrogens with two attached hydrogens (primary N) is 1. The van der Waals surface area contributed by atoms with Gasteiger partial charge in [-0.25, -0.2) is 4.79 Å². The second-order valence-corrected chi connectivity index (χ2v) is 6.54. The molecule has 1 aromatic rings. The van der Waals surface area contributed by atoms with Gasteiger partial charge in [0.25, 0.3) is 0 Å². The molecule has 0 aromatic carbocycles. The summed E-state index contributed by atoms with van der Waals surface area (Å²) in [6, 6.07) is 9.65. The summed E-state index contributed by atoms with van der Waals surface area (Å²) >= 11 is 0. The van der Waals surface area contributed by atoms with Crippen LogP contribution < -0.4 is 5.73 Å². The molecule has 0 saturated carbocycles. The fourth-order valence-corrected chi connectivity index (χ4v) is 3.95. The highest BCUT2D eigenvalue weighted by Gasteiger charge is 2.53. The number of allylic oxidation sites excluding steroid dienone is 2. The molecule has 1 amide bonds. The van der Waals surface area contributed by atoms with Crippen LogP contribution in [0.15, 0.2) is 47.4 Å². The Bertz CT molecular complexity index is 963. The van der Waals surface area contributed by atoms with Crippen LogP contribution in [0.1, 0.15) is 18.4 Å². The van der Waals surface area contributed by atoms with Gasteiger partial charge in [0, 0.05) is 37.3 Å². The molecule has 0 fully saturated rings. The number of nitriles is 3. The van der Waals surface area contributed by atoms with Gasteiger partial charge >= 0.3 is 6.09 Å². The molecule has 2 unspecified atom stereocenters. The Labute approximate surface area is 162 Å². The summed E-state index contributed by atoms with van der Waals surface area (Å²) in [6.07, 6.45) is 4.41. The Morgan fingerprint density at radius 1 is 1.36 bits per heavy atom. The molecule has 3 rings (SSSR count). The van der Waals surface area contributed by atoms with Gasteiger partial charge in [0.05, 0.1) is 36.1 Å². The van der Waals surface area contributed by atoms with Gasteiger partial charge in [-0.05, 0) is 30.2 Å². The minimum atomic E-state index is -1.72. The van der Waals surface area contributed by atoms with Crippen LogP contribution in [-0.4, -0.2) is 35.7 Å². The van der Waals surface area contributed by atoms with E-state index in [2.05, 4.69) is 11.1 Å². The van der Waals surface area contributed by atoms with Crippen molar-refractivity contribution in [2.24, 2.45) is 17.1 Å². The zero-order valence-electron chi connectivity index (χ0n) is 15.3. The third-order valence-corrected chi connectivity index (χ3v) is 5.24. The van der Waals surface area contributed by atoms with E-state index in [4.69, 9.17) is 10.5 Å². The minimum absolute atomic E-state index is 0.0473. The highest BCUT2D eigenvalue weighted by molar-refractivity contribution is 5.69. The van der Waals surface area contributed by atoms with Gasteiger partial charge in [0.15, 0.2) is 0 Å². The van der Waals surface area contributed by atoms with E-state index in [1.165, 1.54) is 4.90 Å². The maximum absolute atomic E-state index is 12.3. The standard InChI is InChI=1S/C20H18N6O2/c1-2-28-19(27)26-8-5-16-15(10-26)17(13-3-6-25-7-4-13)14(9-21)18(24)20(16,11-22)12-23/h3-7,15,17H,2,8,10,24H2,1H3. The number of rotatable bonds is 2. The lowest BCUT2D eigenvalue weighted by Gasteiger charge is -2.44. The highest BCUT2D eigenvalue weighted by Crippen LogP contribution is 2.52. The number of hydrogen-bond donors (Lipinski definition) is 1. The number of fused-ring (bicyclic) bond motifs is 1. The van der Waals surface area contributed by atoms with E-state index in [1.807, 2.05) is 12.1 Å². The molecule has 0 radical (unpaired) electrons. The molecular weight excluding hydrogens is 356 g/mol. The summed E-state index contributed by atoms with van der Waals surface area (Å²) < 4.78 is 5.10. The fraction of sp³-hybridized carbons (Fsp3) is 0.350. The van der Waals surface area contributed by atoms with E-state index in [0.717, 1.165) is 5.56 Å². The van der Waals surface area contributed by atoms with Crippen LogP contribution in [0, 0.1) is 45.3 Å². The molecule has 2 aliphatic rings. The minimum Gasteiger partial charge on any atom is -0.450 e. The number of nitrogens with zero attached hydrogens (tertiary/aromatic N) is 5. The molecule has 1 aliphatic heterocycles. The molecular formula is C20H18N6O2. The van der Waals surface area contributed by atoms with Crippen LogP contribution in [0.4, 0.5) is 4.79 Å². The summed E-state index contributed by atoms with van der Waals surface area (Å²) in [5.74, 6) is -0.951. The first-order chi connectivity index (χ1) is 13.5. The van der Waals surface area contributed by atoms with E-state index in [9.17, 15) is 20.6 Å². The molecule has 1 aliphatic carbocycles. The zero-order valence-corrected chi connectivity index (χ0v) is 15.3. The Morgan fingerprint density at radius 2 is 2.04 bits per heavy atom. The quantitative estimate of drug-likeness (QED) is 0.780. The summed E-state index contributed by atoms with van der Waals surface area (Å²) in [5, 5.41) is 29.5. The second kappa shape index (κ2) is 7.42. The molecule has 0 spiro atoms. The molecule has 0 bridgehead atoms. The molecule has 8 nitrogen and oxygen atoms in total. The molecule has 2 atom stereocenters. The first-order valence-electron chi connectivity index (χ1n) is 8.78. The van der Waals surface area contributed by atoms with Gasteiger partial charge in [-0.15, -0.1) is 0 Å². The molecule has 0 saturated heterocycles. The summed E-state index contributed by atoms with van der Waals surface area (Å²) in [6.45, 7) is 2.37. The van der Waals surface area contributed by atoms with Crippen LogP contribution in [0.25, 0.3) is 0 Å². The van der Waals surface area contributed by atoms with Gasteiger partial charge in [-0.1, -0.05) is 6.08 Å². The third-order valence-electron chi connectivity index (χ3n) is 5.24. The lowest BCUT2D eigenvalue weighted by Crippen LogP contribution is -2.48. The van der Waals surface area contributed by atoms with Crippen molar-refractivity contribution >= 4 is 6.09 Å². The lowest BCUT2D eigenvalue weighted by atomic mass is 9.60. The summed E-state index contributed by atoms with van der Waals surface area (Å²) in [7, 11) is 0. The predicted octanol–water partition coefficient (Wildman–Crippen LogP) is 1.96. The Kier molecular flexibility index (Phi) is 5.02. The molecule has 1 aromatic heterocycles. The van der Waals surface area contributed by atoms with E-state index in [0.29, 0.717) is 5.57 Å². The lowest BCUT2D eigenvalue weighted by molar-refractivity contribution is 0.102. The van der Waals surface area contributed by atoms with E-state index >= 15 is 0 Å². The van der Waals surface area contributed by atoms with Crippen molar-refractivity contribution in [1.29, 1.82) is 15.8 Å². The number of pyridine rings is 1. The van der Waals surface area contributed by atoms with Gasteiger partial charge in [-0.3, -0.25) is 4.98 Å². The van der Waals surface area contributed by atoms with E-state index < -0.39 is 23.3 Å². The Hall–Kier alpha value is -3.83. The number of ether oxygens (including phenoxy) is 1. The normalized spacial score (nSPS) is 22.8. The highest BCUT2D eigenvalue weighted by atomic mass is 16.6. The van der Waals surface area contributed by atoms with E-state index in [-0.39, 0.29) is 31.0 Å². The number of aromatic nitrogens is 1. The van der Waals surface area contributed by atoms with Crippen LogP contribution >= 0.6 is 0 Å². The Morgan fingerprint density at radius 3 is 2.61 bits per heavy atom. The van der Waals surface area contributed by atoms with Crippen molar-refractivity contribution in [2.45, 2.75) is 12.8 Å². The molecule has 140 valence electrons. The largest absolute Gasteiger partial charge is 0.450 e. The molecule has 28 heavy (non-hydrogen) atoms. The van der Waals surface area contributed by atoms with Crippen molar-refractivity contribution in [3.8, 4) is 18.2 Å². The third kappa shape index (κ3) is 2.74. The summed E-state index contributed by atoms with van der Waals surface area (Å²) in [4.78, 5) is 17.8. The van der Waals surface area contributed by atoms with Crippen molar-refractivity contribution in [1.82, 2.24) is 9.88 Å². The Balaban J connectivity index is 2.21. The number of hydrogen-bond acceptors (Lipinski definition) is 7. The first kappa shape index (κ1) is 18.9. The maximum Gasteiger partial charge on any atom is 0.410 e. The second-order valence-electron chi connectivity index (χ2n) is 6.54. The van der Waals surface area contributed by atoms with Crippen molar-refractivity contribution < 1.29 is 9.53 Å². The van der Waals surface area contributed by atoms with E-state index in [1.54, 1.807) is 37.5 Å². The van der Waals surface area contributed by atoms with Crippen LogP contribution in [0.3, 0.4) is 0 Å². The molecule has 8 heteroatoms. The van der Waals surface area contributed by atoms with Crippen LogP contribution in [0.5, 0.6) is 0 Å². The van der Waals surface area contributed by atoms with Crippen LogP contribution in [0.2, 0.25) is 0 Å². The van der Waals surface area contributed by atoms with Crippen molar-refractivity contribution in [3.63, 3.8) is 0 Å². The fourth-order valence-electron chi connectivity index (χ4n) is 3.95. The maximum atomic E-state index is 12.3. The van der Waals surface area contributed by atoms with Crippen molar-refractivity contribution in [3.05, 3.63) is 53.0 Å². The van der Waals surface area contributed by atoms with Gasteiger partial charge < -0.3 is 15.4 Å². The average molecular weight is 374 g/mol. The smallest absolute Gasteiger partial charge is 0.410 e. The number of carbonyl (C=O) groups is 1. The topological polar surface area (TPSA) is 140 Å². The zero-order chi connectivity index (χ0) is 20.3. The number of carbonyl (C=O) groups excluding carboxylic acids is 1. The van der Waals surface area contributed by atoms with Gasteiger partial charge in [-0.2, -0.15) is 15.8 Å². The summed E-state index contributed by atoms with van der Waals surface area (Å²) in [5.41, 5.74) is 5.92. The van der Waals surface area contributed by atoms with Crippen LogP contribution in [-0.2, 0) is 4.74 Å².